The Morgan fingerprint density at radius 2 is 2.00 bits per heavy atom. The highest BCUT2D eigenvalue weighted by atomic mass is 16.5. The van der Waals surface area contributed by atoms with Crippen LogP contribution in [-0.4, -0.2) is 42.3 Å². The molecule has 2 heterocycles. The van der Waals surface area contributed by atoms with E-state index in [1.54, 1.807) is 0 Å². The minimum Gasteiger partial charge on any atom is -0.370 e. The molecule has 92 valence electrons. The van der Waals surface area contributed by atoms with Crippen molar-refractivity contribution < 1.29 is 4.74 Å². The van der Waals surface area contributed by atoms with Gasteiger partial charge >= 0.3 is 0 Å². The minimum absolute atomic E-state index is 0.298. The molecule has 0 bridgehead atoms. The van der Waals surface area contributed by atoms with Gasteiger partial charge in [-0.1, -0.05) is 12.8 Å². The summed E-state index contributed by atoms with van der Waals surface area (Å²) in [5, 5.41) is 0. The zero-order valence-electron chi connectivity index (χ0n) is 10.2. The van der Waals surface area contributed by atoms with Crippen LogP contribution in [0.3, 0.4) is 0 Å². The number of hydrogen-bond donors (Lipinski definition) is 1. The van der Waals surface area contributed by atoms with Crippen LogP contribution in [-0.2, 0) is 4.74 Å². The first-order chi connectivity index (χ1) is 7.76. The van der Waals surface area contributed by atoms with Gasteiger partial charge in [-0.25, -0.2) is 0 Å². The van der Waals surface area contributed by atoms with Gasteiger partial charge in [0.2, 0.25) is 0 Å². The lowest BCUT2D eigenvalue weighted by Crippen LogP contribution is -2.34. The van der Waals surface area contributed by atoms with Crippen LogP contribution in [0.1, 0.15) is 44.9 Å². The molecule has 1 aliphatic carbocycles. The Kier molecular flexibility index (Phi) is 2.94. The smallest absolute Gasteiger partial charge is 0.0710 e. The molecular weight excluding hydrogens is 200 g/mol. The molecule has 0 amide bonds. The van der Waals surface area contributed by atoms with Crippen molar-refractivity contribution in [3.05, 3.63) is 0 Å². The summed E-state index contributed by atoms with van der Waals surface area (Å²) in [4.78, 5) is 2.49. The SMILES string of the molecule is N[C@@H]1CCN(CC2CCC3(CCCC3)O2)C1. The second-order valence-electron chi connectivity index (χ2n) is 5.98. The van der Waals surface area contributed by atoms with Crippen molar-refractivity contribution >= 4 is 0 Å². The molecule has 1 saturated carbocycles. The molecule has 3 fully saturated rings. The maximum Gasteiger partial charge on any atom is 0.0710 e. The predicted octanol–water partition coefficient (Wildman–Crippen LogP) is 1.51. The first kappa shape index (κ1) is 11.0. The zero-order valence-corrected chi connectivity index (χ0v) is 10.2. The molecule has 2 atom stereocenters. The van der Waals surface area contributed by atoms with Crippen molar-refractivity contribution in [2.75, 3.05) is 19.6 Å². The molecule has 2 N–H and O–H groups in total. The molecule has 3 rings (SSSR count). The standard InChI is InChI=1S/C13H24N2O/c14-11-4-8-15(9-11)10-12-3-7-13(16-12)5-1-2-6-13/h11-12H,1-10,14H2/t11-,12?/m1/s1. The monoisotopic (exact) mass is 224 g/mol. The van der Waals surface area contributed by atoms with Crippen LogP contribution >= 0.6 is 0 Å². The number of nitrogens with two attached hydrogens (primary N) is 1. The minimum atomic E-state index is 0.298. The number of likely N-dealkylation sites (tertiary alicyclic amines) is 1. The third kappa shape index (κ3) is 2.13. The summed E-state index contributed by atoms with van der Waals surface area (Å²) in [6, 6.07) is 0.404. The predicted molar refractivity (Wildman–Crippen MR) is 64.3 cm³/mol. The highest BCUT2D eigenvalue weighted by Crippen LogP contribution is 2.43. The average molecular weight is 224 g/mol. The number of nitrogens with zero attached hydrogens (tertiary/aromatic N) is 1. The summed E-state index contributed by atoms with van der Waals surface area (Å²) >= 11 is 0. The largest absolute Gasteiger partial charge is 0.370 e. The normalized spacial score (nSPS) is 38.8. The van der Waals surface area contributed by atoms with Crippen molar-refractivity contribution in [3.63, 3.8) is 0 Å². The topological polar surface area (TPSA) is 38.5 Å². The molecule has 2 aliphatic heterocycles. The average Bonchev–Trinajstić information content (AvgIpc) is 2.94. The van der Waals surface area contributed by atoms with Gasteiger partial charge in [0.05, 0.1) is 11.7 Å². The van der Waals surface area contributed by atoms with Crippen molar-refractivity contribution in [3.8, 4) is 0 Å². The van der Waals surface area contributed by atoms with Gasteiger partial charge in [0.25, 0.3) is 0 Å². The first-order valence-electron chi connectivity index (χ1n) is 6.92. The van der Waals surface area contributed by atoms with Gasteiger partial charge in [0.1, 0.15) is 0 Å². The van der Waals surface area contributed by atoms with Crippen LogP contribution in [0, 0.1) is 0 Å². The lowest BCUT2D eigenvalue weighted by Gasteiger charge is -2.26. The third-order valence-corrected chi connectivity index (χ3v) is 4.62. The van der Waals surface area contributed by atoms with Crippen LogP contribution in [0.25, 0.3) is 0 Å². The quantitative estimate of drug-likeness (QED) is 0.772. The molecule has 0 aromatic carbocycles. The Morgan fingerprint density at radius 1 is 1.19 bits per heavy atom. The second kappa shape index (κ2) is 4.28. The van der Waals surface area contributed by atoms with Gasteiger partial charge in [-0.3, -0.25) is 4.90 Å². The summed E-state index contributed by atoms with van der Waals surface area (Å²) < 4.78 is 6.32. The fraction of sp³-hybridized carbons (Fsp3) is 1.00. The molecule has 0 aromatic rings. The van der Waals surface area contributed by atoms with E-state index in [1.165, 1.54) is 45.1 Å². The van der Waals surface area contributed by atoms with E-state index in [0.29, 0.717) is 17.7 Å². The molecule has 1 unspecified atom stereocenters. The molecule has 1 spiro atoms. The van der Waals surface area contributed by atoms with Gasteiger partial charge < -0.3 is 10.5 Å². The van der Waals surface area contributed by atoms with E-state index in [-0.39, 0.29) is 0 Å². The second-order valence-corrected chi connectivity index (χ2v) is 5.98. The van der Waals surface area contributed by atoms with Crippen molar-refractivity contribution in [1.29, 1.82) is 0 Å². The molecule has 0 aromatic heterocycles. The van der Waals surface area contributed by atoms with Gasteiger partial charge in [-0.2, -0.15) is 0 Å². The van der Waals surface area contributed by atoms with Crippen LogP contribution < -0.4 is 5.73 Å². The maximum atomic E-state index is 6.32. The molecule has 0 radical (unpaired) electrons. The lowest BCUT2D eigenvalue weighted by atomic mass is 9.98. The molecule has 3 heteroatoms. The molecule has 3 nitrogen and oxygen atoms in total. The molecule has 3 aliphatic rings. The van der Waals surface area contributed by atoms with Crippen molar-refractivity contribution in [2.24, 2.45) is 5.73 Å². The maximum absolute atomic E-state index is 6.32. The van der Waals surface area contributed by atoms with Gasteiger partial charge in [0.15, 0.2) is 0 Å². The van der Waals surface area contributed by atoms with Crippen molar-refractivity contribution in [2.45, 2.75) is 62.7 Å². The summed E-state index contributed by atoms with van der Waals surface area (Å²) in [5.41, 5.74) is 6.23. The number of hydrogen-bond acceptors (Lipinski definition) is 3. The van der Waals surface area contributed by atoms with Crippen LogP contribution in [0.5, 0.6) is 0 Å². The zero-order chi connectivity index (χ0) is 11.0. The summed E-state index contributed by atoms with van der Waals surface area (Å²) in [7, 11) is 0. The fourth-order valence-corrected chi connectivity index (χ4v) is 3.73. The summed E-state index contributed by atoms with van der Waals surface area (Å²) in [6.45, 7) is 3.37. The Hall–Kier alpha value is -0.120. The van der Waals surface area contributed by atoms with E-state index in [1.807, 2.05) is 0 Å². The van der Waals surface area contributed by atoms with Crippen LogP contribution in [0.4, 0.5) is 0 Å². The molecular formula is C13H24N2O. The summed E-state index contributed by atoms with van der Waals surface area (Å²) in [5.74, 6) is 0. The third-order valence-electron chi connectivity index (χ3n) is 4.62. The Balaban J connectivity index is 1.50. The van der Waals surface area contributed by atoms with E-state index in [9.17, 15) is 0 Å². The van der Waals surface area contributed by atoms with E-state index >= 15 is 0 Å². The molecule has 2 saturated heterocycles. The number of rotatable bonds is 2. The van der Waals surface area contributed by atoms with Crippen LogP contribution in [0.15, 0.2) is 0 Å². The fourth-order valence-electron chi connectivity index (χ4n) is 3.73. The van der Waals surface area contributed by atoms with Gasteiger partial charge in [-0.05, 0) is 38.6 Å². The highest BCUT2D eigenvalue weighted by Gasteiger charge is 2.42. The van der Waals surface area contributed by atoms with Gasteiger partial charge in [0, 0.05) is 19.1 Å². The van der Waals surface area contributed by atoms with E-state index in [2.05, 4.69) is 4.90 Å². The van der Waals surface area contributed by atoms with E-state index in [4.69, 9.17) is 10.5 Å². The van der Waals surface area contributed by atoms with Crippen LogP contribution in [0.2, 0.25) is 0 Å². The first-order valence-corrected chi connectivity index (χ1v) is 6.92. The van der Waals surface area contributed by atoms with Crippen molar-refractivity contribution in [1.82, 2.24) is 4.90 Å². The highest BCUT2D eigenvalue weighted by molar-refractivity contribution is 4.94. The Labute approximate surface area is 98.3 Å². The van der Waals surface area contributed by atoms with Gasteiger partial charge in [-0.15, -0.1) is 0 Å². The lowest BCUT2D eigenvalue weighted by molar-refractivity contribution is -0.0453. The summed E-state index contributed by atoms with van der Waals surface area (Å²) in [6.07, 6.45) is 9.60. The van der Waals surface area contributed by atoms with E-state index < -0.39 is 0 Å². The molecule has 16 heavy (non-hydrogen) atoms. The Bertz CT molecular complexity index is 250. The number of ether oxygens (including phenoxy) is 1. The Morgan fingerprint density at radius 3 is 2.69 bits per heavy atom. The van der Waals surface area contributed by atoms with E-state index in [0.717, 1.165) is 19.5 Å².